The van der Waals surface area contributed by atoms with Gasteiger partial charge in [-0.2, -0.15) is 5.26 Å². The number of carbonyl (C=O) groups excluding carboxylic acids is 1. The summed E-state index contributed by atoms with van der Waals surface area (Å²) in [7, 11) is 0. The van der Waals surface area contributed by atoms with Gasteiger partial charge in [0.1, 0.15) is 5.75 Å². The number of nitriles is 1. The van der Waals surface area contributed by atoms with Crippen LogP contribution in [0.4, 0.5) is 5.69 Å². The Morgan fingerprint density at radius 3 is 2.75 bits per heavy atom. The van der Waals surface area contributed by atoms with Gasteiger partial charge in [0.25, 0.3) is 5.91 Å². The molecule has 0 aliphatic carbocycles. The zero-order valence-corrected chi connectivity index (χ0v) is 18.0. The standard InChI is InChI=1S/C21H22BrN3O2S/c1-2-3-4-5-11-27-19-10-9-16(13-18(19)22)20(26)25-21(28)24-17-8-6-7-15(12-17)14-23/h6-10,12-13H,2-5,11H2,1H3,(H2,24,25,26,28). The fraction of sp³-hybridized carbons (Fsp3) is 0.286. The smallest absolute Gasteiger partial charge is 0.257 e. The minimum Gasteiger partial charge on any atom is -0.492 e. The van der Waals surface area contributed by atoms with E-state index in [0.29, 0.717) is 29.2 Å². The van der Waals surface area contributed by atoms with Gasteiger partial charge in [-0.15, -0.1) is 0 Å². The highest BCUT2D eigenvalue weighted by Gasteiger charge is 2.11. The number of anilines is 1. The predicted molar refractivity (Wildman–Crippen MR) is 119 cm³/mol. The van der Waals surface area contributed by atoms with Crippen LogP contribution >= 0.6 is 28.1 Å². The van der Waals surface area contributed by atoms with Crippen molar-refractivity contribution in [3.05, 3.63) is 58.1 Å². The first-order valence-corrected chi connectivity index (χ1v) is 10.3. The van der Waals surface area contributed by atoms with Crippen molar-refractivity contribution < 1.29 is 9.53 Å². The summed E-state index contributed by atoms with van der Waals surface area (Å²) in [5, 5.41) is 14.6. The molecule has 2 aromatic rings. The lowest BCUT2D eigenvalue weighted by molar-refractivity contribution is 0.0977. The minimum atomic E-state index is -0.330. The SMILES string of the molecule is CCCCCCOc1ccc(C(=O)NC(=S)Nc2cccc(C#N)c2)cc1Br. The number of ether oxygens (including phenoxy) is 1. The lowest BCUT2D eigenvalue weighted by Gasteiger charge is -2.12. The summed E-state index contributed by atoms with van der Waals surface area (Å²) in [5.74, 6) is 0.381. The first-order valence-electron chi connectivity index (χ1n) is 9.08. The van der Waals surface area contributed by atoms with E-state index >= 15 is 0 Å². The van der Waals surface area contributed by atoms with Crippen molar-refractivity contribution in [2.24, 2.45) is 0 Å². The summed E-state index contributed by atoms with van der Waals surface area (Å²) >= 11 is 8.63. The predicted octanol–water partition coefficient (Wildman–Crippen LogP) is 5.41. The molecule has 0 aliphatic rings. The van der Waals surface area contributed by atoms with Crippen LogP contribution in [0.25, 0.3) is 0 Å². The van der Waals surface area contributed by atoms with Gasteiger partial charge in [-0.05, 0) is 71.0 Å². The normalized spacial score (nSPS) is 10.0. The number of halogens is 1. The minimum absolute atomic E-state index is 0.160. The molecule has 0 aromatic heterocycles. The van der Waals surface area contributed by atoms with Crippen LogP contribution in [0.3, 0.4) is 0 Å². The third kappa shape index (κ3) is 6.95. The van der Waals surface area contributed by atoms with Gasteiger partial charge >= 0.3 is 0 Å². The molecule has 2 aromatic carbocycles. The van der Waals surface area contributed by atoms with Gasteiger partial charge in [0, 0.05) is 11.3 Å². The number of unbranched alkanes of at least 4 members (excludes halogenated alkanes) is 3. The Morgan fingerprint density at radius 2 is 2.04 bits per heavy atom. The maximum atomic E-state index is 12.4. The number of carbonyl (C=O) groups is 1. The van der Waals surface area contributed by atoms with Crippen LogP contribution in [0.1, 0.15) is 48.5 Å². The van der Waals surface area contributed by atoms with Gasteiger partial charge in [0.05, 0.1) is 22.7 Å². The highest BCUT2D eigenvalue weighted by Crippen LogP contribution is 2.26. The Bertz CT molecular complexity index is 880. The molecule has 146 valence electrons. The molecule has 5 nitrogen and oxygen atoms in total. The molecule has 0 atom stereocenters. The third-order valence-corrected chi connectivity index (χ3v) is 4.75. The van der Waals surface area contributed by atoms with E-state index in [1.165, 1.54) is 12.8 Å². The molecule has 0 heterocycles. The summed E-state index contributed by atoms with van der Waals surface area (Å²) in [6, 6.07) is 14.1. The Morgan fingerprint density at radius 1 is 1.21 bits per heavy atom. The van der Waals surface area contributed by atoms with Gasteiger partial charge in [-0.25, -0.2) is 0 Å². The van der Waals surface area contributed by atoms with E-state index in [0.717, 1.165) is 17.3 Å². The van der Waals surface area contributed by atoms with Crippen LogP contribution in [0, 0.1) is 11.3 Å². The summed E-state index contributed by atoms with van der Waals surface area (Å²) < 4.78 is 6.48. The molecule has 0 saturated heterocycles. The first-order chi connectivity index (χ1) is 13.5. The molecule has 1 amide bonds. The average Bonchev–Trinajstić information content (AvgIpc) is 2.68. The van der Waals surface area contributed by atoms with Gasteiger partial charge in [0.15, 0.2) is 5.11 Å². The molecular formula is C21H22BrN3O2S. The number of nitrogens with one attached hydrogen (secondary N) is 2. The van der Waals surface area contributed by atoms with Gasteiger partial charge < -0.3 is 10.1 Å². The highest BCUT2D eigenvalue weighted by molar-refractivity contribution is 9.10. The highest BCUT2D eigenvalue weighted by atomic mass is 79.9. The summed E-state index contributed by atoms with van der Waals surface area (Å²) in [6.45, 7) is 2.83. The van der Waals surface area contributed by atoms with Crippen molar-refractivity contribution in [1.29, 1.82) is 5.26 Å². The van der Waals surface area contributed by atoms with Crippen LogP contribution in [-0.4, -0.2) is 17.6 Å². The van der Waals surface area contributed by atoms with Gasteiger partial charge in [-0.1, -0.05) is 32.3 Å². The zero-order valence-electron chi connectivity index (χ0n) is 15.6. The van der Waals surface area contributed by atoms with E-state index in [4.69, 9.17) is 22.2 Å². The van der Waals surface area contributed by atoms with Crippen LogP contribution in [0.2, 0.25) is 0 Å². The van der Waals surface area contributed by atoms with Crippen LogP contribution in [0.5, 0.6) is 5.75 Å². The molecule has 7 heteroatoms. The molecule has 0 radical (unpaired) electrons. The molecule has 0 fully saturated rings. The first kappa shape index (κ1) is 21.9. The van der Waals surface area contributed by atoms with E-state index in [-0.39, 0.29) is 11.0 Å². The largest absolute Gasteiger partial charge is 0.492 e. The summed E-state index contributed by atoms with van der Waals surface area (Å²) in [6.07, 6.45) is 4.55. The monoisotopic (exact) mass is 459 g/mol. The van der Waals surface area contributed by atoms with E-state index in [9.17, 15) is 4.79 Å². The molecule has 0 aliphatic heterocycles. The van der Waals surface area contributed by atoms with E-state index in [1.54, 1.807) is 42.5 Å². The topological polar surface area (TPSA) is 74.2 Å². The summed E-state index contributed by atoms with van der Waals surface area (Å²) in [5.41, 5.74) is 1.60. The number of thiocarbonyl (C=S) groups is 1. The molecule has 0 saturated carbocycles. The van der Waals surface area contributed by atoms with Crippen molar-refractivity contribution in [2.75, 3.05) is 11.9 Å². The molecule has 28 heavy (non-hydrogen) atoms. The Balaban J connectivity index is 1.90. The van der Waals surface area contributed by atoms with E-state index < -0.39 is 0 Å². The average molecular weight is 460 g/mol. The maximum Gasteiger partial charge on any atom is 0.257 e. The number of amides is 1. The fourth-order valence-corrected chi connectivity index (χ4v) is 3.18. The van der Waals surface area contributed by atoms with Crippen LogP contribution in [-0.2, 0) is 0 Å². The van der Waals surface area contributed by atoms with E-state index in [2.05, 4.69) is 39.6 Å². The van der Waals surface area contributed by atoms with Crippen LogP contribution < -0.4 is 15.4 Å². The molecule has 0 bridgehead atoms. The van der Waals surface area contributed by atoms with Crippen molar-refractivity contribution >= 4 is 44.9 Å². The van der Waals surface area contributed by atoms with Gasteiger partial charge in [0.2, 0.25) is 0 Å². The van der Waals surface area contributed by atoms with E-state index in [1.807, 2.05) is 0 Å². The van der Waals surface area contributed by atoms with Crippen molar-refractivity contribution in [3.63, 3.8) is 0 Å². The number of hydrogen-bond acceptors (Lipinski definition) is 4. The number of benzene rings is 2. The van der Waals surface area contributed by atoms with Crippen molar-refractivity contribution in [3.8, 4) is 11.8 Å². The summed E-state index contributed by atoms with van der Waals surface area (Å²) in [4.78, 5) is 12.4. The number of rotatable bonds is 8. The second-order valence-corrected chi connectivity index (χ2v) is 7.42. The lowest BCUT2D eigenvalue weighted by atomic mass is 10.2. The number of nitrogens with zero attached hydrogens (tertiary/aromatic N) is 1. The second-order valence-electron chi connectivity index (χ2n) is 6.16. The Labute approximate surface area is 179 Å². The quantitative estimate of drug-likeness (QED) is 0.407. The molecule has 0 spiro atoms. The maximum absolute atomic E-state index is 12.4. The van der Waals surface area contributed by atoms with Crippen molar-refractivity contribution in [1.82, 2.24) is 5.32 Å². The van der Waals surface area contributed by atoms with Gasteiger partial charge in [-0.3, -0.25) is 10.1 Å². The molecular weight excluding hydrogens is 438 g/mol. The zero-order chi connectivity index (χ0) is 20.4. The second kappa shape index (κ2) is 11.4. The molecule has 2 N–H and O–H groups in total. The number of hydrogen-bond donors (Lipinski definition) is 2. The third-order valence-electron chi connectivity index (χ3n) is 3.93. The van der Waals surface area contributed by atoms with Crippen molar-refractivity contribution in [2.45, 2.75) is 32.6 Å². The lowest BCUT2D eigenvalue weighted by Crippen LogP contribution is -2.34. The molecule has 2 rings (SSSR count). The fourth-order valence-electron chi connectivity index (χ4n) is 2.47. The Kier molecular flexibility index (Phi) is 8.92. The van der Waals surface area contributed by atoms with Crippen LogP contribution in [0.15, 0.2) is 46.9 Å². The molecule has 0 unspecified atom stereocenters. The Hall–Kier alpha value is -2.43.